The zero-order chi connectivity index (χ0) is 23.1. The maximum atomic E-state index is 13.2. The van der Waals surface area contributed by atoms with E-state index in [0.717, 1.165) is 19.6 Å². The molecule has 7 nitrogen and oxygen atoms in total. The van der Waals surface area contributed by atoms with Crippen molar-refractivity contribution in [3.63, 3.8) is 0 Å². The van der Waals surface area contributed by atoms with Crippen LogP contribution in [0.3, 0.4) is 0 Å². The number of benzene rings is 1. The lowest BCUT2D eigenvalue weighted by Crippen LogP contribution is -2.34. The van der Waals surface area contributed by atoms with Crippen LogP contribution in [0, 0.1) is 0 Å². The van der Waals surface area contributed by atoms with E-state index in [9.17, 15) is 14.7 Å². The quantitative estimate of drug-likeness (QED) is 0.396. The largest absolute Gasteiger partial charge is 0.503 e. The van der Waals surface area contributed by atoms with Gasteiger partial charge in [0.25, 0.3) is 5.91 Å². The van der Waals surface area contributed by atoms with Crippen molar-refractivity contribution in [2.45, 2.75) is 26.3 Å². The molecule has 1 atom stereocenters. The number of furan rings is 1. The first kappa shape index (κ1) is 23.3. The first-order chi connectivity index (χ1) is 15.5. The molecule has 0 fully saturated rings. The predicted molar refractivity (Wildman–Crippen MR) is 122 cm³/mol. The molecule has 1 amide bonds. The van der Waals surface area contributed by atoms with Crippen molar-refractivity contribution >= 4 is 11.7 Å². The molecule has 32 heavy (non-hydrogen) atoms. The molecule has 0 saturated heterocycles. The fraction of sp³-hybridized carbons (Fsp3) is 0.360. The highest BCUT2D eigenvalue weighted by molar-refractivity contribution is 6.15. The Hall–Kier alpha value is -3.32. The number of ether oxygens (including phenoxy) is 1. The molecule has 0 radical (unpaired) electrons. The third kappa shape index (κ3) is 4.94. The highest BCUT2D eigenvalue weighted by Gasteiger charge is 2.44. The number of nitrogens with zero attached hydrogens (tertiary/aromatic N) is 2. The molecule has 0 unspecified atom stereocenters. The van der Waals surface area contributed by atoms with Gasteiger partial charge in [0.2, 0.25) is 5.78 Å². The van der Waals surface area contributed by atoms with E-state index in [1.165, 1.54) is 12.3 Å². The summed E-state index contributed by atoms with van der Waals surface area (Å²) < 4.78 is 10.9. The highest BCUT2D eigenvalue weighted by Crippen LogP contribution is 2.40. The summed E-state index contributed by atoms with van der Waals surface area (Å²) in [5.41, 5.74) is 0.704. The Bertz CT molecular complexity index is 976. The number of aliphatic hydroxyl groups is 1. The number of rotatable bonds is 12. The normalized spacial score (nSPS) is 16.2. The minimum absolute atomic E-state index is 0.0219. The Kier molecular flexibility index (Phi) is 7.89. The van der Waals surface area contributed by atoms with Crippen LogP contribution in [0.2, 0.25) is 0 Å². The van der Waals surface area contributed by atoms with Crippen LogP contribution >= 0.6 is 0 Å². The zero-order valence-corrected chi connectivity index (χ0v) is 18.6. The number of amides is 1. The molecule has 1 aromatic carbocycles. The van der Waals surface area contributed by atoms with Gasteiger partial charge in [-0.3, -0.25) is 9.59 Å². The standard InChI is InChI=1S/C25H30N2O5/c1-4-15-31-19-11-7-10-18(17-19)22-21(23(28)20-12-8-16-32-20)24(29)25(30)27(22)14-9-13-26(5-2)6-3/h4,7-8,10-12,16-17,22,29H,1,5-6,9,13-15H2,2-3H3/t22-/m0/s1. The van der Waals surface area contributed by atoms with Gasteiger partial charge in [-0.05, 0) is 55.9 Å². The molecule has 1 aliphatic rings. The van der Waals surface area contributed by atoms with Crippen LogP contribution in [-0.2, 0) is 4.79 Å². The van der Waals surface area contributed by atoms with Crippen molar-refractivity contribution in [1.82, 2.24) is 9.80 Å². The lowest BCUT2D eigenvalue weighted by Gasteiger charge is -2.28. The van der Waals surface area contributed by atoms with E-state index in [1.54, 1.807) is 35.2 Å². The molecular formula is C25H30N2O5. The summed E-state index contributed by atoms with van der Waals surface area (Å²) >= 11 is 0. The number of hydrogen-bond acceptors (Lipinski definition) is 6. The maximum absolute atomic E-state index is 13.2. The van der Waals surface area contributed by atoms with Gasteiger partial charge in [0.15, 0.2) is 11.5 Å². The van der Waals surface area contributed by atoms with Gasteiger partial charge in [0, 0.05) is 6.54 Å². The lowest BCUT2D eigenvalue weighted by atomic mass is 9.95. The molecule has 3 rings (SSSR count). The predicted octanol–water partition coefficient (Wildman–Crippen LogP) is 4.15. The minimum atomic E-state index is -0.732. The molecular weight excluding hydrogens is 408 g/mol. The van der Waals surface area contributed by atoms with E-state index >= 15 is 0 Å². The average molecular weight is 439 g/mol. The third-order valence-electron chi connectivity index (χ3n) is 5.60. The van der Waals surface area contributed by atoms with Crippen LogP contribution in [0.1, 0.15) is 42.4 Å². The minimum Gasteiger partial charge on any atom is -0.503 e. The van der Waals surface area contributed by atoms with Crippen LogP contribution in [0.5, 0.6) is 5.75 Å². The Labute approximate surface area is 188 Å². The van der Waals surface area contributed by atoms with E-state index in [-0.39, 0.29) is 11.3 Å². The van der Waals surface area contributed by atoms with E-state index < -0.39 is 23.5 Å². The Morgan fingerprint density at radius 2 is 2.06 bits per heavy atom. The summed E-state index contributed by atoms with van der Waals surface area (Å²) in [5, 5.41) is 10.7. The Morgan fingerprint density at radius 3 is 2.72 bits per heavy atom. The first-order valence-corrected chi connectivity index (χ1v) is 10.9. The fourth-order valence-corrected chi connectivity index (χ4v) is 3.94. The van der Waals surface area contributed by atoms with Crippen molar-refractivity contribution in [2.75, 3.05) is 32.8 Å². The second-order valence-electron chi connectivity index (χ2n) is 7.52. The van der Waals surface area contributed by atoms with Crippen molar-refractivity contribution in [1.29, 1.82) is 0 Å². The second kappa shape index (κ2) is 10.8. The lowest BCUT2D eigenvalue weighted by molar-refractivity contribution is -0.129. The molecule has 0 aliphatic carbocycles. The van der Waals surface area contributed by atoms with Crippen LogP contribution in [-0.4, -0.2) is 59.4 Å². The number of carbonyl (C=O) groups excluding carboxylic acids is 2. The summed E-state index contributed by atoms with van der Waals surface area (Å²) in [5.74, 6) is -0.921. The summed E-state index contributed by atoms with van der Waals surface area (Å²) in [7, 11) is 0. The zero-order valence-electron chi connectivity index (χ0n) is 18.6. The molecule has 170 valence electrons. The molecule has 1 N–H and O–H groups in total. The van der Waals surface area contributed by atoms with Crippen molar-refractivity contribution in [3.05, 3.63) is 78.0 Å². The van der Waals surface area contributed by atoms with E-state index in [0.29, 0.717) is 30.9 Å². The number of aliphatic hydroxyl groups excluding tert-OH is 1. The smallest absolute Gasteiger partial charge is 0.290 e. The third-order valence-corrected chi connectivity index (χ3v) is 5.60. The molecule has 0 bridgehead atoms. The second-order valence-corrected chi connectivity index (χ2v) is 7.52. The van der Waals surface area contributed by atoms with Gasteiger partial charge in [-0.25, -0.2) is 0 Å². The molecule has 2 aromatic rings. The first-order valence-electron chi connectivity index (χ1n) is 10.9. The van der Waals surface area contributed by atoms with Gasteiger partial charge in [0.1, 0.15) is 12.4 Å². The van der Waals surface area contributed by atoms with Crippen molar-refractivity contribution in [3.8, 4) is 5.75 Å². The van der Waals surface area contributed by atoms with Crippen molar-refractivity contribution < 1.29 is 23.8 Å². The molecule has 2 heterocycles. The van der Waals surface area contributed by atoms with Crippen LogP contribution in [0.4, 0.5) is 0 Å². The summed E-state index contributed by atoms with van der Waals surface area (Å²) in [6, 6.07) is 9.60. The molecule has 0 spiro atoms. The summed E-state index contributed by atoms with van der Waals surface area (Å²) in [6.07, 6.45) is 3.75. The van der Waals surface area contributed by atoms with Gasteiger partial charge in [-0.15, -0.1) is 0 Å². The van der Waals surface area contributed by atoms with E-state index in [4.69, 9.17) is 9.15 Å². The van der Waals surface area contributed by atoms with Gasteiger partial charge in [0.05, 0.1) is 17.9 Å². The van der Waals surface area contributed by atoms with Gasteiger partial charge >= 0.3 is 0 Å². The molecule has 1 aromatic heterocycles. The maximum Gasteiger partial charge on any atom is 0.290 e. The molecule has 0 saturated carbocycles. The van der Waals surface area contributed by atoms with Crippen LogP contribution < -0.4 is 4.74 Å². The Morgan fingerprint density at radius 1 is 1.28 bits per heavy atom. The van der Waals surface area contributed by atoms with Crippen LogP contribution in [0.25, 0.3) is 0 Å². The fourth-order valence-electron chi connectivity index (χ4n) is 3.94. The van der Waals surface area contributed by atoms with Crippen LogP contribution in [0.15, 0.2) is 71.1 Å². The topological polar surface area (TPSA) is 83.2 Å². The molecule has 1 aliphatic heterocycles. The van der Waals surface area contributed by atoms with Gasteiger partial charge in [-0.1, -0.05) is 38.6 Å². The monoisotopic (exact) mass is 438 g/mol. The number of carbonyl (C=O) groups is 2. The van der Waals surface area contributed by atoms with E-state index in [2.05, 4.69) is 25.3 Å². The van der Waals surface area contributed by atoms with E-state index in [1.807, 2.05) is 6.07 Å². The summed E-state index contributed by atoms with van der Waals surface area (Å²) in [6.45, 7) is 11.2. The highest BCUT2D eigenvalue weighted by atomic mass is 16.5. The number of hydrogen-bond donors (Lipinski definition) is 1. The van der Waals surface area contributed by atoms with Crippen molar-refractivity contribution in [2.24, 2.45) is 0 Å². The molecule has 7 heteroatoms. The number of Topliss-reactive ketones (excluding diaryl/α,β-unsaturated/α-hetero) is 1. The summed E-state index contributed by atoms with van der Waals surface area (Å²) in [4.78, 5) is 30.0. The van der Waals surface area contributed by atoms with Gasteiger partial charge < -0.3 is 24.1 Å². The Balaban J connectivity index is 1.95. The number of ketones is 1. The van der Waals surface area contributed by atoms with Gasteiger partial charge in [-0.2, -0.15) is 0 Å². The average Bonchev–Trinajstić information content (AvgIpc) is 3.43. The SMILES string of the molecule is C=CCOc1cccc([C@H]2C(C(=O)c3ccco3)=C(O)C(=O)N2CCCN(CC)CC)c1.